The summed E-state index contributed by atoms with van der Waals surface area (Å²) in [5, 5.41) is 15.4. The molecule has 0 aliphatic carbocycles. The predicted octanol–water partition coefficient (Wildman–Crippen LogP) is 3.96. The lowest BCUT2D eigenvalue weighted by Crippen LogP contribution is -2.34. The van der Waals surface area contributed by atoms with Crippen LogP contribution in [-0.4, -0.2) is 31.4 Å². The fourth-order valence-electron chi connectivity index (χ4n) is 3.14. The molecule has 0 radical (unpaired) electrons. The molecular weight excluding hydrogens is 690 g/mol. The molecule has 36 heavy (non-hydrogen) atoms. The van der Waals surface area contributed by atoms with Crippen molar-refractivity contribution in [3.8, 4) is 23.3 Å². The van der Waals surface area contributed by atoms with Crippen LogP contribution in [0, 0.1) is 18.5 Å². The fourth-order valence-corrected chi connectivity index (χ4v) is 5.27. The predicted molar refractivity (Wildman–Crippen MR) is 148 cm³/mol. The molecule has 11 heteroatoms. The van der Waals surface area contributed by atoms with E-state index in [4.69, 9.17) is 19.5 Å². The van der Waals surface area contributed by atoms with Crippen LogP contribution in [0.3, 0.4) is 0 Å². The van der Waals surface area contributed by atoms with Gasteiger partial charge in [0.05, 0.1) is 31.5 Å². The highest BCUT2D eigenvalue weighted by Crippen LogP contribution is 2.32. The van der Waals surface area contributed by atoms with Gasteiger partial charge in [0.1, 0.15) is 12.4 Å². The number of nitrogens with zero attached hydrogens (tertiary/aromatic N) is 2. The molecule has 0 atom stereocenters. The number of fused-ring (bicyclic) bond motifs is 1. The molecular formula is C25H18I2N4O5. The molecule has 2 N–H and O–H groups in total. The maximum absolute atomic E-state index is 12.3. The number of halogens is 2. The summed E-state index contributed by atoms with van der Waals surface area (Å²) >= 11 is 4.36. The van der Waals surface area contributed by atoms with Gasteiger partial charge >= 0.3 is 0 Å². The zero-order valence-corrected chi connectivity index (χ0v) is 22.9. The quantitative estimate of drug-likeness (QED) is 0.208. The smallest absolute Gasteiger partial charge is 0.259 e. The Bertz CT molecular complexity index is 1350. The van der Waals surface area contributed by atoms with E-state index < -0.39 is 11.8 Å². The number of nitriles is 1. The van der Waals surface area contributed by atoms with Crippen LogP contribution in [0.2, 0.25) is 0 Å². The average Bonchev–Trinajstić information content (AvgIpc) is 3.35. The van der Waals surface area contributed by atoms with Gasteiger partial charge in [0, 0.05) is 5.56 Å². The second kappa shape index (κ2) is 12.0. The van der Waals surface area contributed by atoms with Crippen LogP contribution in [0.4, 0.5) is 0 Å². The van der Waals surface area contributed by atoms with Gasteiger partial charge in [0.25, 0.3) is 11.8 Å². The fraction of sp³-hybridized carbons (Fsp3) is 0.120. The van der Waals surface area contributed by atoms with Crippen LogP contribution in [0.5, 0.6) is 17.2 Å². The van der Waals surface area contributed by atoms with Gasteiger partial charge in [0.2, 0.25) is 6.79 Å². The Labute approximate surface area is 234 Å². The lowest BCUT2D eigenvalue weighted by molar-refractivity contribution is -0.120. The van der Waals surface area contributed by atoms with E-state index in [1.807, 2.05) is 24.3 Å². The number of rotatable bonds is 8. The lowest BCUT2D eigenvalue weighted by Gasteiger charge is -2.11. The molecule has 1 aliphatic rings. The molecule has 0 bridgehead atoms. The van der Waals surface area contributed by atoms with Crippen molar-refractivity contribution in [3.05, 3.63) is 84.0 Å². The Kier molecular flexibility index (Phi) is 8.60. The number of carbonyl (C=O) groups is 2. The van der Waals surface area contributed by atoms with Gasteiger partial charge in [-0.15, -0.1) is 0 Å². The Morgan fingerprint density at radius 2 is 1.78 bits per heavy atom. The van der Waals surface area contributed by atoms with E-state index in [0.29, 0.717) is 29.2 Å². The molecule has 9 nitrogen and oxygen atoms in total. The molecule has 0 fully saturated rings. The molecule has 1 heterocycles. The average molecular weight is 708 g/mol. The van der Waals surface area contributed by atoms with Crippen molar-refractivity contribution < 1.29 is 23.8 Å². The Morgan fingerprint density at radius 3 is 2.50 bits per heavy atom. The third-order valence-corrected chi connectivity index (χ3v) is 6.54. The summed E-state index contributed by atoms with van der Waals surface area (Å²) in [4.78, 5) is 24.4. The topological polar surface area (TPSA) is 122 Å². The van der Waals surface area contributed by atoms with Crippen molar-refractivity contribution in [2.45, 2.75) is 6.61 Å². The summed E-state index contributed by atoms with van der Waals surface area (Å²) in [5.74, 6) is 0.939. The Morgan fingerprint density at radius 1 is 1.06 bits per heavy atom. The maximum atomic E-state index is 12.3. The second-order valence-corrected chi connectivity index (χ2v) is 9.78. The first kappa shape index (κ1) is 25.7. The maximum Gasteiger partial charge on any atom is 0.259 e. The summed E-state index contributed by atoms with van der Waals surface area (Å²) < 4.78 is 18.2. The normalized spacial score (nSPS) is 11.7. The van der Waals surface area contributed by atoms with Crippen molar-refractivity contribution in [3.63, 3.8) is 0 Å². The summed E-state index contributed by atoms with van der Waals surface area (Å²) in [6.45, 7) is 0.258. The van der Waals surface area contributed by atoms with Gasteiger partial charge < -0.3 is 19.5 Å². The number of carbonyl (C=O) groups excluding carboxylic acids is 2. The molecule has 3 aromatic rings. The number of amides is 2. The number of hydrazone groups is 1. The summed E-state index contributed by atoms with van der Waals surface area (Å²) in [6.07, 6.45) is 1.52. The summed E-state index contributed by atoms with van der Waals surface area (Å²) in [6, 6.07) is 17.9. The van der Waals surface area contributed by atoms with Crippen molar-refractivity contribution in [2.75, 3.05) is 13.3 Å². The molecule has 4 rings (SSSR count). The van der Waals surface area contributed by atoms with Gasteiger partial charge in [-0.05, 0) is 98.8 Å². The highest BCUT2D eigenvalue weighted by Gasteiger charge is 2.16. The lowest BCUT2D eigenvalue weighted by atomic mass is 10.1. The van der Waals surface area contributed by atoms with Crippen LogP contribution in [0.15, 0.2) is 59.7 Å². The van der Waals surface area contributed by atoms with Gasteiger partial charge in [-0.25, -0.2) is 5.43 Å². The molecule has 0 unspecified atom stereocenters. The van der Waals surface area contributed by atoms with Crippen LogP contribution < -0.4 is 25.0 Å². The molecule has 0 spiro atoms. The van der Waals surface area contributed by atoms with Crippen molar-refractivity contribution in [1.82, 2.24) is 10.7 Å². The first-order chi connectivity index (χ1) is 17.4. The molecule has 182 valence electrons. The van der Waals surface area contributed by atoms with Gasteiger partial charge in [-0.1, -0.05) is 12.1 Å². The minimum Gasteiger partial charge on any atom is -0.487 e. The van der Waals surface area contributed by atoms with Gasteiger partial charge in [-0.3, -0.25) is 9.59 Å². The molecule has 0 saturated carbocycles. The number of hydrogen-bond acceptors (Lipinski definition) is 7. The second-order valence-electron chi connectivity index (χ2n) is 7.45. The standard InChI is InChI=1S/C25H18I2N4O5/c26-19-7-17(8-20(27)24(19)34-13-16-3-1-15(10-28)2-4-16)11-30-31-23(32)12-29-25(33)18-5-6-21-22(9-18)36-14-35-21/h1-9,11H,12-14H2,(H,29,33)(H,31,32). The summed E-state index contributed by atoms with van der Waals surface area (Å²) in [5.41, 5.74) is 5.10. The van der Waals surface area contributed by atoms with E-state index in [0.717, 1.165) is 24.0 Å². The molecule has 1 aliphatic heterocycles. The van der Waals surface area contributed by atoms with E-state index >= 15 is 0 Å². The van der Waals surface area contributed by atoms with E-state index in [1.165, 1.54) is 6.21 Å². The SMILES string of the molecule is N#Cc1ccc(COc2c(I)cc(C=NNC(=O)CNC(=O)c3ccc4c(c3)OCO4)cc2I)cc1. The first-order valence-electron chi connectivity index (χ1n) is 10.5. The van der Waals surface area contributed by atoms with Crippen LogP contribution in [0.25, 0.3) is 0 Å². The highest BCUT2D eigenvalue weighted by molar-refractivity contribution is 14.1. The third kappa shape index (κ3) is 6.64. The number of benzene rings is 3. The zero-order chi connectivity index (χ0) is 25.5. The van der Waals surface area contributed by atoms with Crippen LogP contribution in [-0.2, 0) is 11.4 Å². The third-order valence-electron chi connectivity index (χ3n) is 4.93. The Hall–Kier alpha value is -3.38. The van der Waals surface area contributed by atoms with Crippen molar-refractivity contribution in [1.29, 1.82) is 5.26 Å². The molecule has 3 aromatic carbocycles. The number of hydrogen-bond donors (Lipinski definition) is 2. The van der Waals surface area contributed by atoms with Gasteiger partial charge in [-0.2, -0.15) is 10.4 Å². The largest absolute Gasteiger partial charge is 0.487 e. The Balaban J connectivity index is 1.27. The number of nitrogens with one attached hydrogen (secondary N) is 2. The minimum atomic E-state index is -0.466. The van der Waals surface area contributed by atoms with Gasteiger partial charge in [0.15, 0.2) is 11.5 Å². The van der Waals surface area contributed by atoms with Crippen molar-refractivity contribution >= 4 is 63.2 Å². The van der Waals surface area contributed by atoms with Crippen LogP contribution >= 0.6 is 45.2 Å². The molecule has 0 aromatic heterocycles. The zero-order valence-electron chi connectivity index (χ0n) is 18.6. The molecule has 0 saturated heterocycles. The van der Waals surface area contributed by atoms with E-state index in [-0.39, 0.29) is 13.3 Å². The van der Waals surface area contributed by atoms with E-state index in [9.17, 15) is 9.59 Å². The van der Waals surface area contributed by atoms with Crippen molar-refractivity contribution in [2.24, 2.45) is 5.10 Å². The summed E-state index contributed by atoms with van der Waals surface area (Å²) in [7, 11) is 0. The first-order valence-corrected chi connectivity index (χ1v) is 12.7. The minimum absolute atomic E-state index is 0.118. The monoisotopic (exact) mass is 708 g/mol. The van der Waals surface area contributed by atoms with E-state index in [2.05, 4.69) is 67.1 Å². The van der Waals surface area contributed by atoms with E-state index in [1.54, 1.807) is 30.3 Å². The number of ether oxygens (including phenoxy) is 3. The highest BCUT2D eigenvalue weighted by atomic mass is 127. The molecule has 2 amide bonds. The van der Waals surface area contributed by atoms with Crippen LogP contribution in [0.1, 0.15) is 27.0 Å².